The lowest BCUT2D eigenvalue weighted by Gasteiger charge is -2.23. The van der Waals surface area contributed by atoms with E-state index in [1.54, 1.807) is 14.2 Å². The third-order valence-electron chi connectivity index (χ3n) is 5.61. The minimum absolute atomic E-state index is 0.644. The van der Waals surface area contributed by atoms with Crippen LogP contribution in [0.2, 0.25) is 0 Å². The first kappa shape index (κ1) is 19.6. The second-order valence-corrected chi connectivity index (χ2v) is 7.68. The Kier molecular flexibility index (Phi) is 5.62. The SMILES string of the molecule is COc1ccc(-c2c(C)nc3c(NCC4CCOCC4)cc(C)cn23)cc1OC. The Morgan fingerprint density at radius 2 is 1.86 bits per heavy atom. The summed E-state index contributed by atoms with van der Waals surface area (Å²) in [6.07, 6.45) is 4.36. The lowest BCUT2D eigenvalue weighted by molar-refractivity contribution is 0.0699. The highest BCUT2D eigenvalue weighted by Crippen LogP contribution is 2.35. The number of aromatic nitrogens is 2. The molecule has 6 heteroatoms. The number of fused-ring (bicyclic) bond motifs is 1. The zero-order chi connectivity index (χ0) is 20.4. The van der Waals surface area contributed by atoms with Gasteiger partial charge in [-0.1, -0.05) is 0 Å². The van der Waals surface area contributed by atoms with Gasteiger partial charge >= 0.3 is 0 Å². The average molecular weight is 396 g/mol. The Morgan fingerprint density at radius 1 is 1.10 bits per heavy atom. The van der Waals surface area contributed by atoms with Crippen molar-refractivity contribution in [1.82, 2.24) is 9.38 Å². The first-order valence-electron chi connectivity index (χ1n) is 10.1. The molecule has 1 aliphatic heterocycles. The summed E-state index contributed by atoms with van der Waals surface area (Å²) >= 11 is 0. The molecular weight excluding hydrogens is 366 g/mol. The van der Waals surface area contributed by atoms with Crippen LogP contribution in [0.5, 0.6) is 11.5 Å². The van der Waals surface area contributed by atoms with Gasteiger partial charge in [-0.2, -0.15) is 0 Å². The number of hydrogen-bond acceptors (Lipinski definition) is 5. The van der Waals surface area contributed by atoms with E-state index in [0.717, 1.165) is 66.6 Å². The summed E-state index contributed by atoms with van der Waals surface area (Å²) < 4.78 is 18.6. The van der Waals surface area contributed by atoms with E-state index in [4.69, 9.17) is 19.2 Å². The quantitative estimate of drug-likeness (QED) is 0.667. The molecule has 1 fully saturated rings. The van der Waals surface area contributed by atoms with Crippen LogP contribution in [0, 0.1) is 19.8 Å². The summed E-state index contributed by atoms with van der Waals surface area (Å²) in [5.41, 5.74) is 6.31. The molecular formula is C23H29N3O3. The fourth-order valence-electron chi connectivity index (χ4n) is 4.06. The monoisotopic (exact) mass is 395 g/mol. The van der Waals surface area contributed by atoms with Gasteiger partial charge in [0.1, 0.15) is 0 Å². The van der Waals surface area contributed by atoms with Crippen LogP contribution in [0.3, 0.4) is 0 Å². The van der Waals surface area contributed by atoms with Crippen molar-refractivity contribution in [3.8, 4) is 22.8 Å². The summed E-state index contributed by atoms with van der Waals surface area (Å²) in [4.78, 5) is 4.90. The van der Waals surface area contributed by atoms with Gasteiger partial charge < -0.3 is 19.5 Å². The number of ether oxygens (including phenoxy) is 3. The molecule has 3 aromatic rings. The van der Waals surface area contributed by atoms with E-state index in [2.05, 4.69) is 41.9 Å². The predicted molar refractivity (Wildman–Crippen MR) is 115 cm³/mol. The van der Waals surface area contributed by atoms with Crippen LogP contribution in [0.1, 0.15) is 24.1 Å². The molecule has 0 saturated carbocycles. The highest BCUT2D eigenvalue weighted by atomic mass is 16.5. The highest BCUT2D eigenvalue weighted by molar-refractivity contribution is 5.77. The van der Waals surface area contributed by atoms with Gasteiger partial charge in [-0.15, -0.1) is 0 Å². The molecule has 6 nitrogen and oxygen atoms in total. The van der Waals surface area contributed by atoms with Crippen molar-refractivity contribution in [2.45, 2.75) is 26.7 Å². The van der Waals surface area contributed by atoms with Gasteiger partial charge in [-0.25, -0.2) is 4.98 Å². The van der Waals surface area contributed by atoms with Gasteiger partial charge in [0.2, 0.25) is 0 Å². The third kappa shape index (κ3) is 3.90. The molecule has 1 saturated heterocycles. The second-order valence-electron chi connectivity index (χ2n) is 7.68. The Bertz CT molecular complexity index is 1010. The van der Waals surface area contributed by atoms with E-state index in [0.29, 0.717) is 11.7 Å². The maximum atomic E-state index is 5.50. The smallest absolute Gasteiger partial charge is 0.161 e. The number of anilines is 1. The number of rotatable bonds is 6. The van der Waals surface area contributed by atoms with Gasteiger partial charge in [-0.3, -0.25) is 4.40 Å². The topological polar surface area (TPSA) is 57.0 Å². The number of benzene rings is 1. The summed E-state index contributed by atoms with van der Waals surface area (Å²) in [6.45, 7) is 6.84. The maximum Gasteiger partial charge on any atom is 0.161 e. The molecule has 29 heavy (non-hydrogen) atoms. The summed E-state index contributed by atoms with van der Waals surface area (Å²) in [6, 6.07) is 8.18. The number of aryl methyl sites for hydroxylation is 2. The van der Waals surface area contributed by atoms with Crippen LogP contribution in [-0.2, 0) is 4.74 Å². The maximum absolute atomic E-state index is 5.50. The van der Waals surface area contributed by atoms with Crippen molar-refractivity contribution in [2.75, 3.05) is 39.3 Å². The molecule has 0 atom stereocenters. The molecule has 0 spiro atoms. The zero-order valence-electron chi connectivity index (χ0n) is 17.6. The summed E-state index contributed by atoms with van der Waals surface area (Å²) in [7, 11) is 3.31. The molecule has 0 unspecified atom stereocenters. The standard InChI is InChI=1S/C23H29N3O3/c1-15-11-19(24-13-17-7-9-29-10-8-17)23-25-16(2)22(26(23)14-15)18-5-6-20(27-3)21(12-18)28-4/h5-6,11-12,14,17,24H,7-10,13H2,1-4H3. The number of methoxy groups -OCH3 is 2. The molecule has 2 aromatic heterocycles. The molecule has 1 N–H and O–H groups in total. The number of nitrogens with one attached hydrogen (secondary N) is 1. The van der Waals surface area contributed by atoms with E-state index >= 15 is 0 Å². The van der Waals surface area contributed by atoms with Crippen LogP contribution in [0.25, 0.3) is 16.9 Å². The normalized spacial score (nSPS) is 14.9. The Labute approximate surface area is 171 Å². The van der Waals surface area contributed by atoms with Crippen molar-refractivity contribution in [1.29, 1.82) is 0 Å². The van der Waals surface area contributed by atoms with Gasteiger partial charge in [-0.05, 0) is 62.4 Å². The number of hydrogen-bond donors (Lipinski definition) is 1. The molecule has 4 rings (SSSR count). The molecule has 3 heterocycles. The summed E-state index contributed by atoms with van der Waals surface area (Å²) in [5, 5.41) is 3.65. The van der Waals surface area contributed by atoms with Gasteiger partial charge in [0.15, 0.2) is 17.1 Å². The Hall–Kier alpha value is -2.73. The Balaban J connectivity index is 1.72. The number of nitrogens with zero attached hydrogens (tertiary/aromatic N) is 2. The van der Waals surface area contributed by atoms with Gasteiger partial charge in [0.25, 0.3) is 0 Å². The molecule has 0 amide bonds. The minimum Gasteiger partial charge on any atom is -0.493 e. The fraction of sp³-hybridized carbons (Fsp3) is 0.435. The van der Waals surface area contributed by atoms with Crippen molar-refractivity contribution in [3.63, 3.8) is 0 Å². The zero-order valence-corrected chi connectivity index (χ0v) is 17.6. The summed E-state index contributed by atoms with van der Waals surface area (Å²) in [5.74, 6) is 2.08. The van der Waals surface area contributed by atoms with E-state index in [-0.39, 0.29) is 0 Å². The number of imidazole rings is 1. The van der Waals surface area contributed by atoms with Crippen molar-refractivity contribution >= 4 is 11.3 Å². The van der Waals surface area contributed by atoms with Crippen LogP contribution >= 0.6 is 0 Å². The molecule has 1 aliphatic rings. The van der Waals surface area contributed by atoms with Crippen molar-refractivity contribution < 1.29 is 14.2 Å². The third-order valence-corrected chi connectivity index (χ3v) is 5.61. The fourth-order valence-corrected chi connectivity index (χ4v) is 4.06. The lowest BCUT2D eigenvalue weighted by atomic mass is 10.0. The van der Waals surface area contributed by atoms with Crippen LogP contribution in [0.15, 0.2) is 30.5 Å². The first-order chi connectivity index (χ1) is 14.1. The van der Waals surface area contributed by atoms with E-state index in [1.165, 1.54) is 5.56 Å². The van der Waals surface area contributed by atoms with Crippen LogP contribution < -0.4 is 14.8 Å². The molecule has 0 aliphatic carbocycles. The second kappa shape index (κ2) is 8.33. The van der Waals surface area contributed by atoms with E-state index in [1.807, 2.05) is 12.1 Å². The largest absolute Gasteiger partial charge is 0.493 e. The predicted octanol–water partition coefficient (Wildman–Crippen LogP) is 4.47. The Morgan fingerprint density at radius 3 is 2.59 bits per heavy atom. The van der Waals surface area contributed by atoms with Crippen molar-refractivity contribution in [3.05, 3.63) is 41.7 Å². The van der Waals surface area contributed by atoms with Gasteiger partial charge in [0, 0.05) is 31.5 Å². The molecule has 1 aromatic carbocycles. The van der Waals surface area contributed by atoms with Gasteiger partial charge in [0.05, 0.1) is 31.3 Å². The van der Waals surface area contributed by atoms with Crippen LogP contribution in [0.4, 0.5) is 5.69 Å². The minimum atomic E-state index is 0.644. The van der Waals surface area contributed by atoms with E-state index < -0.39 is 0 Å². The van der Waals surface area contributed by atoms with Crippen LogP contribution in [-0.4, -0.2) is 43.4 Å². The highest BCUT2D eigenvalue weighted by Gasteiger charge is 2.18. The molecule has 0 bridgehead atoms. The molecule has 154 valence electrons. The average Bonchev–Trinajstić information content (AvgIpc) is 3.07. The van der Waals surface area contributed by atoms with Crippen molar-refractivity contribution in [2.24, 2.45) is 5.92 Å². The lowest BCUT2D eigenvalue weighted by Crippen LogP contribution is -2.22. The number of pyridine rings is 1. The molecule has 0 radical (unpaired) electrons. The van der Waals surface area contributed by atoms with E-state index in [9.17, 15) is 0 Å². The first-order valence-corrected chi connectivity index (χ1v) is 10.1.